The quantitative estimate of drug-likeness (QED) is 0.574. The van der Waals surface area contributed by atoms with E-state index in [1.807, 2.05) is 30.3 Å². The molecule has 0 saturated heterocycles. The number of primary amides is 1. The fourth-order valence-corrected chi connectivity index (χ4v) is 2.75. The molecule has 1 aromatic heterocycles. The van der Waals surface area contributed by atoms with Crippen LogP contribution in [0.4, 0.5) is 0 Å². The zero-order valence-corrected chi connectivity index (χ0v) is 15.1. The molecule has 2 aromatic carbocycles. The maximum Gasteiger partial charge on any atom is 0.251 e. The zero-order valence-electron chi connectivity index (χ0n) is 15.1. The Morgan fingerprint density at radius 3 is 2.39 bits per heavy atom. The Labute approximate surface area is 162 Å². The van der Waals surface area contributed by atoms with E-state index in [1.165, 1.54) is 0 Å². The van der Waals surface area contributed by atoms with Crippen LogP contribution in [0.15, 0.2) is 66.7 Å². The molecular weight excluding hydrogens is 356 g/mol. The van der Waals surface area contributed by atoms with E-state index in [-0.39, 0.29) is 18.9 Å². The number of benzene rings is 2. The molecular formula is C21H20N4O3. The monoisotopic (exact) mass is 376 g/mol. The van der Waals surface area contributed by atoms with Gasteiger partial charge in [0.25, 0.3) is 5.91 Å². The van der Waals surface area contributed by atoms with Crippen LogP contribution in [0.1, 0.15) is 16.1 Å². The molecule has 0 radical (unpaired) electrons. The summed E-state index contributed by atoms with van der Waals surface area (Å²) < 4.78 is 0. The minimum atomic E-state index is -0.921. The number of hydrogen-bond donors (Lipinski definition) is 3. The maximum absolute atomic E-state index is 12.1. The number of nitrogens with two attached hydrogens (primary N) is 1. The largest absolute Gasteiger partial charge is 0.368 e. The van der Waals surface area contributed by atoms with Gasteiger partial charge in [-0.05, 0) is 24.3 Å². The average Bonchev–Trinajstić information content (AvgIpc) is 2.72. The van der Waals surface area contributed by atoms with Gasteiger partial charge in [0.2, 0.25) is 11.8 Å². The van der Waals surface area contributed by atoms with Gasteiger partial charge in [-0.3, -0.25) is 19.4 Å². The van der Waals surface area contributed by atoms with Crippen molar-refractivity contribution in [2.24, 2.45) is 5.73 Å². The molecule has 0 aliphatic carbocycles. The lowest BCUT2D eigenvalue weighted by molar-refractivity contribution is -0.126. The molecule has 3 rings (SSSR count). The Bertz CT molecular complexity index is 1000. The molecule has 0 aliphatic rings. The van der Waals surface area contributed by atoms with E-state index in [2.05, 4.69) is 15.6 Å². The lowest BCUT2D eigenvalue weighted by Gasteiger charge is -2.16. The molecule has 7 nitrogen and oxygen atoms in total. The molecule has 3 aromatic rings. The molecule has 0 aliphatic heterocycles. The van der Waals surface area contributed by atoms with Crippen molar-refractivity contribution in [3.63, 3.8) is 0 Å². The Balaban J connectivity index is 1.59. The van der Waals surface area contributed by atoms with Crippen molar-refractivity contribution in [3.05, 3.63) is 78.0 Å². The summed E-state index contributed by atoms with van der Waals surface area (Å²) in [6.07, 6.45) is 0.165. The van der Waals surface area contributed by atoms with Crippen molar-refractivity contribution >= 4 is 28.6 Å². The highest BCUT2D eigenvalue weighted by atomic mass is 16.2. The molecule has 0 saturated carbocycles. The van der Waals surface area contributed by atoms with Gasteiger partial charge in [0.15, 0.2) is 0 Å². The highest BCUT2D eigenvalue weighted by Crippen LogP contribution is 2.12. The molecule has 7 heteroatoms. The molecule has 0 unspecified atom stereocenters. The zero-order chi connectivity index (χ0) is 19.9. The smallest absolute Gasteiger partial charge is 0.251 e. The summed E-state index contributed by atoms with van der Waals surface area (Å²) in [7, 11) is 0. The highest BCUT2D eigenvalue weighted by Gasteiger charge is 2.20. The standard InChI is InChI=1S/C21H20N4O3/c22-20(27)18(12-16-11-10-14-6-4-5-9-17(14)24-16)25-19(26)13-23-21(28)15-7-2-1-3-8-15/h1-11,18H,12-13H2,(H2,22,27)(H,23,28)(H,25,26)/t18-/m1/s1. The number of fused-ring (bicyclic) bond motifs is 1. The first-order valence-electron chi connectivity index (χ1n) is 8.79. The van der Waals surface area contributed by atoms with Crippen LogP contribution in [0.5, 0.6) is 0 Å². The first-order valence-corrected chi connectivity index (χ1v) is 8.79. The minimum Gasteiger partial charge on any atom is -0.368 e. The normalized spacial score (nSPS) is 11.6. The molecule has 0 fully saturated rings. The summed E-state index contributed by atoms with van der Waals surface area (Å²) in [6, 6.07) is 18.9. The number of nitrogens with one attached hydrogen (secondary N) is 2. The number of aromatic nitrogens is 1. The van der Waals surface area contributed by atoms with Crippen molar-refractivity contribution in [1.82, 2.24) is 15.6 Å². The second-order valence-corrected chi connectivity index (χ2v) is 6.27. The van der Waals surface area contributed by atoms with Crippen LogP contribution in [-0.4, -0.2) is 35.3 Å². The molecule has 0 spiro atoms. The molecule has 1 atom stereocenters. The third-order valence-electron chi connectivity index (χ3n) is 4.19. The Kier molecular flexibility index (Phi) is 5.96. The highest BCUT2D eigenvalue weighted by molar-refractivity contribution is 5.97. The summed E-state index contributed by atoms with van der Waals surface area (Å²) >= 11 is 0. The van der Waals surface area contributed by atoms with Crippen LogP contribution in [0.3, 0.4) is 0 Å². The number of pyridine rings is 1. The van der Waals surface area contributed by atoms with Crippen molar-refractivity contribution < 1.29 is 14.4 Å². The van der Waals surface area contributed by atoms with Gasteiger partial charge in [-0.2, -0.15) is 0 Å². The van der Waals surface area contributed by atoms with E-state index in [1.54, 1.807) is 36.4 Å². The lowest BCUT2D eigenvalue weighted by atomic mass is 10.1. The second kappa shape index (κ2) is 8.77. The van der Waals surface area contributed by atoms with Gasteiger partial charge in [-0.1, -0.05) is 42.5 Å². The summed E-state index contributed by atoms with van der Waals surface area (Å²) in [5, 5.41) is 6.05. The number of rotatable bonds is 7. The summed E-state index contributed by atoms with van der Waals surface area (Å²) in [4.78, 5) is 40.4. The number of carbonyl (C=O) groups is 3. The molecule has 4 N–H and O–H groups in total. The van der Waals surface area contributed by atoms with E-state index in [4.69, 9.17) is 5.73 Å². The van der Waals surface area contributed by atoms with Crippen molar-refractivity contribution in [2.45, 2.75) is 12.5 Å². The van der Waals surface area contributed by atoms with Gasteiger partial charge >= 0.3 is 0 Å². The van der Waals surface area contributed by atoms with Gasteiger partial charge in [-0.15, -0.1) is 0 Å². The predicted octanol–water partition coefficient (Wildman–Crippen LogP) is 1.18. The molecule has 28 heavy (non-hydrogen) atoms. The summed E-state index contributed by atoms with van der Waals surface area (Å²) in [6.45, 7) is -0.261. The number of para-hydroxylation sites is 1. The van der Waals surface area contributed by atoms with E-state index in [0.717, 1.165) is 10.9 Å². The fourth-order valence-electron chi connectivity index (χ4n) is 2.75. The first kappa shape index (κ1) is 19.0. The van der Waals surface area contributed by atoms with E-state index < -0.39 is 17.9 Å². The SMILES string of the molecule is NC(=O)[C@@H](Cc1ccc2ccccc2n1)NC(=O)CNC(=O)c1ccccc1. The predicted molar refractivity (Wildman–Crippen MR) is 105 cm³/mol. The van der Waals surface area contributed by atoms with Crippen molar-refractivity contribution in [3.8, 4) is 0 Å². The number of amides is 3. The van der Waals surface area contributed by atoms with Gasteiger partial charge in [-0.25, -0.2) is 0 Å². The third kappa shape index (κ3) is 4.91. The van der Waals surface area contributed by atoms with Crippen molar-refractivity contribution in [2.75, 3.05) is 6.54 Å². The average molecular weight is 376 g/mol. The topological polar surface area (TPSA) is 114 Å². The summed E-state index contributed by atoms with van der Waals surface area (Å²) in [5.41, 5.74) is 7.30. The Morgan fingerprint density at radius 1 is 0.929 bits per heavy atom. The van der Waals surface area contributed by atoms with E-state index in [0.29, 0.717) is 11.3 Å². The number of nitrogens with zero attached hydrogens (tertiary/aromatic N) is 1. The van der Waals surface area contributed by atoms with Crippen molar-refractivity contribution in [1.29, 1.82) is 0 Å². The molecule has 142 valence electrons. The van der Waals surface area contributed by atoms with Crippen LogP contribution in [0, 0.1) is 0 Å². The van der Waals surface area contributed by atoms with Crippen LogP contribution < -0.4 is 16.4 Å². The van der Waals surface area contributed by atoms with E-state index in [9.17, 15) is 14.4 Å². The maximum atomic E-state index is 12.1. The van der Waals surface area contributed by atoms with Gasteiger partial charge in [0.05, 0.1) is 12.1 Å². The van der Waals surface area contributed by atoms with Crippen LogP contribution in [-0.2, 0) is 16.0 Å². The van der Waals surface area contributed by atoms with Crippen LogP contribution in [0.25, 0.3) is 10.9 Å². The Hall–Kier alpha value is -3.74. The van der Waals surface area contributed by atoms with Gasteiger partial charge in [0.1, 0.15) is 6.04 Å². The molecule has 0 bridgehead atoms. The van der Waals surface area contributed by atoms with Gasteiger partial charge < -0.3 is 16.4 Å². The fraction of sp³-hybridized carbons (Fsp3) is 0.143. The minimum absolute atomic E-state index is 0.165. The second-order valence-electron chi connectivity index (χ2n) is 6.27. The lowest BCUT2D eigenvalue weighted by Crippen LogP contribution is -2.49. The Morgan fingerprint density at radius 2 is 1.64 bits per heavy atom. The summed E-state index contributed by atoms with van der Waals surface area (Å²) in [5.74, 6) is -1.55. The first-order chi connectivity index (χ1) is 13.5. The van der Waals surface area contributed by atoms with Crippen LogP contribution in [0.2, 0.25) is 0 Å². The third-order valence-corrected chi connectivity index (χ3v) is 4.19. The van der Waals surface area contributed by atoms with Gasteiger partial charge in [0, 0.05) is 23.1 Å². The number of carbonyl (C=O) groups excluding carboxylic acids is 3. The number of hydrogen-bond acceptors (Lipinski definition) is 4. The van der Waals surface area contributed by atoms with Crippen LogP contribution >= 0.6 is 0 Å². The molecule has 1 heterocycles. The van der Waals surface area contributed by atoms with E-state index >= 15 is 0 Å². The molecule has 3 amide bonds.